The zero-order chi connectivity index (χ0) is 28.3. The number of hydrogen-bond acceptors (Lipinski definition) is 7. The van der Waals surface area contributed by atoms with Gasteiger partial charge in [-0.25, -0.2) is 13.6 Å². The van der Waals surface area contributed by atoms with Gasteiger partial charge in [-0.3, -0.25) is 14.4 Å². The van der Waals surface area contributed by atoms with E-state index in [1.807, 2.05) is 6.07 Å². The summed E-state index contributed by atoms with van der Waals surface area (Å²) >= 11 is 6.14. The van der Waals surface area contributed by atoms with Crippen molar-refractivity contribution in [3.8, 4) is 11.8 Å². The standard InChI is InChI=1S/C27H23ClN4O6S/c1-16-9-21(39(30,36)37)4-5-23(16)31-25(33)15-38-24-6-3-20(28)13-22(24)26(34)18-10-17(14-29)11-19(12-18)27(35)32-7-2-8-32/h3-6,9-13H,2,7-8,15H2,1H3,(H,31,33)(H2,30,36,37). The van der Waals surface area contributed by atoms with Crippen molar-refractivity contribution in [3.05, 3.63) is 87.4 Å². The number of nitriles is 1. The predicted molar refractivity (Wildman–Crippen MR) is 143 cm³/mol. The lowest BCUT2D eigenvalue weighted by Crippen LogP contribution is -2.42. The Morgan fingerprint density at radius 1 is 1.08 bits per heavy atom. The fourth-order valence-electron chi connectivity index (χ4n) is 3.89. The summed E-state index contributed by atoms with van der Waals surface area (Å²) in [5, 5.41) is 17.5. The van der Waals surface area contributed by atoms with Crippen molar-refractivity contribution in [1.82, 2.24) is 4.90 Å². The van der Waals surface area contributed by atoms with Crippen LogP contribution in [-0.4, -0.2) is 50.6 Å². The summed E-state index contributed by atoms with van der Waals surface area (Å²) in [5.41, 5.74) is 1.35. The molecule has 0 atom stereocenters. The number of anilines is 1. The summed E-state index contributed by atoms with van der Waals surface area (Å²) in [6.45, 7) is 2.36. The highest BCUT2D eigenvalue weighted by Crippen LogP contribution is 2.27. The number of amides is 2. The Balaban J connectivity index is 1.54. The van der Waals surface area contributed by atoms with E-state index in [-0.39, 0.29) is 43.8 Å². The summed E-state index contributed by atoms with van der Waals surface area (Å²) in [6.07, 6.45) is 0.896. The van der Waals surface area contributed by atoms with E-state index in [2.05, 4.69) is 5.32 Å². The summed E-state index contributed by atoms with van der Waals surface area (Å²) in [4.78, 5) is 40.3. The fraction of sp³-hybridized carbons (Fsp3) is 0.185. The van der Waals surface area contributed by atoms with Crippen molar-refractivity contribution < 1.29 is 27.5 Å². The maximum Gasteiger partial charge on any atom is 0.262 e. The van der Waals surface area contributed by atoms with E-state index in [1.54, 1.807) is 11.8 Å². The molecule has 0 saturated carbocycles. The Morgan fingerprint density at radius 3 is 2.41 bits per heavy atom. The smallest absolute Gasteiger partial charge is 0.262 e. The van der Waals surface area contributed by atoms with Gasteiger partial charge in [0.05, 0.1) is 22.1 Å². The largest absolute Gasteiger partial charge is 0.483 e. The molecular formula is C27H23ClN4O6S. The number of rotatable bonds is 8. The van der Waals surface area contributed by atoms with Crippen LogP contribution in [0.1, 0.15) is 43.8 Å². The predicted octanol–water partition coefficient (Wildman–Crippen LogP) is 3.26. The van der Waals surface area contributed by atoms with E-state index >= 15 is 0 Å². The molecule has 0 aliphatic carbocycles. The lowest BCUT2D eigenvalue weighted by molar-refractivity contribution is -0.118. The van der Waals surface area contributed by atoms with E-state index < -0.39 is 28.3 Å². The van der Waals surface area contributed by atoms with Gasteiger partial charge in [-0.1, -0.05) is 11.6 Å². The zero-order valence-corrected chi connectivity index (χ0v) is 22.3. The maximum atomic E-state index is 13.5. The summed E-state index contributed by atoms with van der Waals surface area (Å²) in [7, 11) is -3.89. The number of carbonyl (C=O) groups is 3. The second kappa shape index (κ2) is 11.2. The third kappa shape index (κ3) is 6.43. The average Bonchev–Trinajstić information content (AvgIpc) is 2.86. The van der Waals surface area contributed by atoms with Crippen molar-refractivity contribution in [2.24, 2.45) is 5.14 Å². The molecular weight excluding hydrogens is 544 g/mol. The topological polar surface area (TPSA) is 160 Å². The Kier molecular flexibility index (Phi) is 8.01. The number of carbonyl (C=O) groups excluding carboxylic acids is 3. The molecule has 0 bridgehead atoms. The molecule has 39 heavy (non-hydrogen) atoms. The monoisotopic (exact) mass is 566 g/mol. The number of ketones is 1. The summed E-state index contributed by atoms with van der Waals surface area (Å²) in [5.74, 6) is -1.31. The number of nitrogens with two attached hydrogens (primary N) is 1. The molecule has 3 aromatic rings. The van der Waals surface area contributed by atoms with Gasteiger partial charge in [-0.15, -0.1) is 0 Å². The molecule has 1 aliphatic rings. The van der Waals surface area contributed by atoms with Gasteiger partial charge in [0.15, 0.2) is 12.4 Å². The molecule has 0 aromatic heterocycles. The quantitative estimate of drug-likeness (QED) is 0.396. The minimum atomic E-state index is -3.89. The number of nitrogens with zero attached hydrogens (tertiary/aromatic N) is 2. The first-order valence-corrected chi connectivity index (χ1v) is 13.6. The Hall–Kier alpha value is -4.24. The second-order valence-corrected chi connectivity index (χ2v) is 10.9. The number of halogens is 1. The van der Waals surface area contributed by atoms with Gasteiger partial charge in [0.2, 0.25) is 10.0 Å². The molecule has 0 spiro atoms. The van der Waals surface area contributed by atoms with Gasteiger partial charge in [0.25, 0.3) is 11.8 Å². The Morgan fingerprint density at radius 2 is 1.79 bits per heavy atom. The van der Waals surface area contributed by atoms with E-state index in [0.29, 0.717) is 24.3 Å². The fourth-order valence-corrected chi connectivity index (χ4v) is 4.66. The van der Waals surface area contributed by atoms with E-state index in [0.717, 1.165) is 6.42 Å². The lowest BCUT2D eigenvalue weighted by Gasteiger charge is -2.31. The molecule has 12 heteroatoms. The van der Waals surface area contributed by atoms with Crippen LogP contribution in [0.3, 0.4) is 0 Å². The molecule has 3 N–H and O–H groups in total. The van der Waals surface area contributed by atoms with Gasteiger partial charge in [-0.05, 0) is 73.5 Å². The second-order valence-electron chi connectivity index (χ2n) is 8.88. The molecule has 0 unspecified atom stereocenters. The van der Waals surface area contributed by atoms with Crippen LogP contribution in [0.15, 0.2) is 59.5 Å². The molecule has 1 heterocycles. The highest BCUT2D eigenvalue weighted by atomic mass is 35.5. The van der Waals surface area contributed by atoms with Crippen LogP contribution in [0.25, 0.3) is 0 Å². The van der Waals surface area contributed by atoms with Gasteiger partial charge in [0, 0.05) is 34.9 Å². The van der Waals surface area contributed by atoms with Gasteiger partial charge in [-0.2, -0.15) is 5.26 Å². The molecule has 200 valence electrons. The Bertz CT molecular complexity index is 1640. The minimum absolute atomic E-state index is 0.0430. The number of hydrogen-bond donors (Lipinski definition) is 2. The molecule has 0 radical (unpaired) electrons. The van der Waals surface area contributed by atoms with Crippen LogP contribution in [0.5, 0.6) is 5.75 Å². The van der Waals surface area contributed by atoms with Gasteiger partial charge in [0.1, 0.15) is 5.75 Å². The zero-order valence-electron chi connectivity index (χ0n) is 20.7. The first-order chi connectivity index (χ1) is 18.5. The van der Waals surface area contributed by atoms with Crippen molar-refractivity contribution in [1.29, 1.82) is 5.26 Å². The average molecular weight is 567 g/mol. The molecule has 3 aromatic carbocycles. The van der Waals surface area contributed by atoms with E-state index in [1.165, 1.54) is 54.6 Å². The number of primary sulfonamides is 1. The third-order valence-corrected chi connectivity index (χ3v) is 7.21. The first-order valence-electron chi connectivity index (χ1n) is 11.7. The summed E-state index contributed by atoms with van der Waals surface area (Å²) < 4.78 is 28.7. The minimum Gasteiger partial charge on any atom is -0.483 e. The molecule has 1 aliphatic heterocycles. The number of sulfonamides is 1. The van der Waals surface area contributed by atoms with Crippen LogP contribution < -0.4 is 15.2 Å². The maximum absolute atomic E-state index is 13.5. The number of aryl methyl sites for hydroxylation is 1. The third-order valence-electron chi connectivity index (χ3n) is 6.06. The van der Waals surface area contributed by atoms with Crippen LogP contribution >= 0.6 is 11.6 Å². The van der Waals surface area contributed by atoms with E-state index in [4.69, 9.17) is 21.5 Å². The van der Waals surface area contributed by atoms with Crippen LogP contribution in [0.2, 0.25) is 5.02 Å². The highest BCUT2D eigenvalue weighted by Gasteiger charge is 2.24. The number of ether oxygens (including phenoxy) is 1. The van der Waals surface area contributed by atoms with Crippen LogP contribution in [0.4, 0.5) is 5.69 Å². The van der Waals surface area contributed by atoms with Crippen LogP contribution in [0, 0.1) is 18.3 Å². The molecule has 1 fully saturated rings. The van der Waals surface area contributed by atoms with Crippen molar-refractivity contribution >= 4 is 44.9 Å². The normalized spacial score (nSPS) is 12.7. The highest BCUT2D eigenvalue weighted by molar-refractivity contribution is 7.89. The molecule has 4 rings (SSSR count). The Labute approximate surface area is 230 Å². The van der Waals surface area contributed by atoms with Gasteiger partial charge >= 0.3 is 0 Å². The molecule has 10 nitrogen and oxygen atoms in total. The number of likely N-dealkylation sites (tertiary alicyclic amines) is 1. The van der Waals surface area contributed by atoms with E-state index in [9.17, 15) is 28.1 Å². The van der Waals surface area contributed by atoms with Crippen LogP contribution in [-0.2, 0) is 14.8 Å². The molecule has 2 amide bonds. The first kappa shape index (κ1) is 27.8. The number of benzene rings is 3. The lowest BCUT2D eigenvalue weighted by atomic mass is 9.97. The molecule has 1 saturated heterocycles. The van der Waals surface area contributed by atoms with Crippen molar-refractivity contribution in [2.75, 3.05) is 25.0 Å². The van der Waals surface area contributed by atoms with Crippen molar-refractivity contribution in [2.45, 2.75) is 18.2 Å². The van der Waals surface area contributed by atoms with Crippen molar-refractivity contribution in [3.63, 3.8) is 0 Å². The SMILES string of the molecule is Cc1cc(S(N)(=O)=O)ccc1NC(=O)COc1ccc(Cl)cc1C(=O)c1cc(C#N)cc(C(=O)N2CCC2)c1. The van der Waals surface area contributed by atoms with Gasteiger partial charge < -0.3 is 15.0 Å². The summed E-state index contributed by atoms with van der Waals surface area (Å²) in [6, 6.07) is 14.5. The number of nitrogens with one attached hydrogen (secondary N) is 1.